The lowest BCUT2D eigenvalue weighted by Gasteiger charge is -2.39. The number of rotatable bonds is 15. The van der Waals surface area contributed by atoms with Gasteiger partial charge in [0.15, 0.2) is 0 Å². The average Bonchev–Trinajstić information content (AvgIpc) is 2.64. The lowest BCUT2D eigenvalue weighted by Crippen LogP contribution is -2.56. The van der Waals surface area contributed by atoms with E-state index in [-0.39, 0.29) is 0 Å². The Hall–Kier alpha value is -0.830. The molecule has 0 atom stereocenters. The third-order valence-corrected chi connectivity index (χ3v) is 5.96. The summed E-state index contributed by atoms with van der Waals surface area (Å²) >= 11 is 0. The Morgan fingerprint density at radius 2 is 1.26 bits per heavy atom. The summed E-state index contributed by atoms with van der Waals surface area (Å²) in [5, 5.41) is 0. The van der Waals surface area contributed by atoms with Crippen LogP contribution < -0.4 is 0 Å². The van der Waals surface area contributed by atoms with Crippen molar-refractivity contribution in [2.24, 2.45) is 0 Å². The van der Waals surface area contributed by atoms with E-state index in [4.69, 9.17) is 0 Å². The molecule has 0 aliphatic carbocycles. The molecule has 1 aliphatic heterocycles. The van der Waals surface area contributed by atoms with Crippen LogP contribution in [0.4, 0.5) is 0 Å². The van der Waals surface area contributed by atoms with Crippen molar-refractivity contribution in [3.05, 3.63) is 12.2 Å². The van der Waals surface area contributed by atoms with Gasteiger partial charge < -0.3 is 9.38 Å². The quantitative estimate of drug-likeness (QED) is 0.196. The second-order valence-electron chi connectivity index (χ2n) is 9.10. The molecule has 27 heavy (non-hydrogen) atoms. The van der Waals surface area contributed by atoms with Crippen molar-refractivity contribution in [2.75, 3.05) is 40.3 Å². The molecule has 1 aliphatic rings. The predicted octanol–water partition coefficient (Wildman–Crippen LogP) is 5.94. The van der Waals surface area contributed by atoms with Crippen molar-refractivity contribution >= 4 is 5.91 Å². The number of carbonyl (C=O) groups excluding carboxylic acids is 1. The lowest BCUT2D eigenvalue weighted by atomic mass is 10.1. The van der Waals surface area contributed by atoms with Gasteiger partial charge in [-0.1, -0.05) is 70.4 Å². The first kappa shape index (κ1) is 24.2. The highest BCUT2D eigenvalue weighted by atomic mass is 16.2. The van der Waals surface area contributed by atoms with E-state index in [2.05, 4.69) is 38.1 Å². The van der Waals surface area contributed by atoms with Crippen LogP contribution in [0.3, 0.4) is 0 Å². The Morgan fingerprint density at radius 3 is 1.81 bits per heavy atom. The molecule has 0 spiro atoms. The molecule has 3 nitrogen and oxygen atoms in total. The van der Waals surface area contributed by atoms with Gasteiger partial charge in [-0.15, -0.1) is 0 Å². The number of carbonyl (C=O) groups is 1. The number of allylic oxidation sites excluding steroid dienone is 2. The van der Waals surface area contributed by atoms with Crippen LogP contribution in [0.1, 0.15) is 96.8 Å². The highest BCUT2D eigenvalue weighted by Crippen LogP contribution is 2.12. The summed E-state index contributed by atoms with van der Waals surface area (Å²) in [6.07, 6.45) is 22.5. The Labute approximate surface area is 169 Å². The molecule has 0 N–H and O–H groups in total. The molecule has 1 rings (SSSR count). The predicted molar refractivity (Wildman–Crippen MR) is 118 cm³/mol. The number of piperazine rings is 1. The van der Waals surface area contributed by atoms with E-state index in [0.717, 1.165) is 43.5 Å². The molecule has 0 aromatic rings. The zero-order valence-electron chi connectivity index (χ0n) is 18.7. The zero-order chi connectivity index (χ0) is 19.8. The molecule has 1 saturated heterocycles. The molecule has 0 aromatic heterocycles. The van der Waals surface area contributed by atoms with Gasteiger partial charge in [0, 0.05) is 6.42 Å². The summed E-state index contributed by atoms with van der Waals surface area (Å²) in [5.74, 6) is 0.382. The molecule has 0 saturated carbocycles. The third kappa shape index (κ3) is 13.1. The van der Waals surface area contributed by atoms with Crippen molar-refractivity contribution in [1.29, 1.82) is 0 Å². The van der Waals surface area contributed by atoms with Gasteiger partial charge in [-0.3, -0.25) is 4.79 Å². The summed E-state index contributed by atoms with van der Waals surface area (Å²) in [4.78, 5) is 14.3. The Kier molecular flexibility index (Phi) is 13.6. The van der Waals surface area contributed by atoms with Gasteiger partial charge >= 0.3 is 0 Å². The van der Waals surface area contributed by atoms with Gasteiger partial charge in [0.05, 0.1) is 40.3 Å². The minimum absolute atomic E-state index is 0.382. The fraction of sp³-hybridized carbons (Fsp3) is 0.875. The maximum absolute atomic E-state index is 12.3. The molecule has 0 unspecified atom stereocenters. The zero-order valence-corrected chi connectivity index (χ0v) is 18.7. The first-order chi connectivity index (χ1) is 13.0. The van der Waals surface area contributed by atoms with Gasteiger partial charge in [0.25, 0.3) is 0 Å². The molecule has 1 amide bonds. The fourth-order valence-corrected chi connectivity index (χ4v) is 3.76. The maximum atomic E-state index is 12.3. The van der Waals surface area contributed by atoms with Gasteiger partial charge in [-0.05, 0) is 32.1 Å². The van der Waals surface area contributed by atoms with Gasteiger partial charge in [0.1, 0.15) is 0 Å². The maximum Gasteiger partial charge on any atom is 0.222 e. The van der Waals surface area contributed by atoms with Crippen LogP contribution in [0, 0.1) is 0 Å². The van der Waals surface area contributed by atoms with E-state index in [0.29, 0.717) is 5.91 Å². The smallest absolute Gasteiger partial charge is 0.222 e. The second-order valence-corrected chi connectivity index (χ2v) is 9.10. The molecule has 1 fully saturated rings. The van der Waals surface area contributed by atoms with Crippen LogP contribution >= 0.6 is 0 Å². The topological polar surface area (TPSA) is 20.3 Å². The van der Waals surface area contributed by atoms with Crippen molar-refractivity contribution in [1.82, 2.24) is 4.90 Å². The second kappa shape index (κ2) is 15.1. The SMILES string of the molecule is CCCCCCCC/C=C\CCCCCCCC(=O)N1CC[N+](C)(C)CC1. The van der Waals surface area contributed by atoms with E-state index in [9.17, 15) is 4.79 Å². The Morgan fingerprint density at radius 1 is 0.778 bits per heavy atom. The summed E-state index contributed by atoms with van der Waals surface area (Å²) in [7, 11) is 4.51. The van der Waals surface area contributed by atoms with E-state index < -0.39 is 0 Å². The molecule has 0 aromatic carbocycles. The number of nitrogens with zero attached hydrogens (tertiary/aromatic N) is 2. The average molecular weight is 380 g/mol. The Bertz CT molecular complexity index is 393. The van der Waals surface area contributed by atoms with Crippen LogP contribution in [-0.2, 0) is 4.79 Å². The largest absolute Gasteiger partial charge is 0.331 e. The van der Waals surface area contributed by atoms with E-state index in [1.165, 1.54) is 77.0 Å². The first-order valence-corrected chi connectivity index (χ1v) is 11.8. The highest BCUT2D eigenvalue weighted by molar-refractivity contribution is 5.76. The van der Waals surface area contributed by atoms with Gasteiger partial charge in [-0.2, -0.15) is 0 Å². The van der Waals surface area contributed by atoms with Crippen molar-refractivity contribution < 1.29 is 9.28 Å². The van der Waals surface area contributed by atoms with Crippen molar-refractivity contribution in [2.45, 2.75) is 96.8 Å². The number of quaternary nitrogens is 1. The highest BCUT2D eigenvalue weighted by Gasteiger charge is 2.26. The number of unbranched alkanes of at least 4 members (excludes halogenated alkanes) is 11. The molecular weight excluding hydrogens is 332 g/mol. The minimum Gasteiger partial charge on any atom is -0.331 e. The van der Waals surface area contributed by atoms with Crippen LogP contribution in [0.25, 0.3) is 0 Å². The van der Waals surface area contributed by atoms with Crippen LogP contribution in [-0.4, -0.2) is 55.6 Å². The number of hydrogen-bond acceptors (Lipinski definition) is 1. The fourth-order valence-electron chi connectivity index (χ4n) is 3.76. The summed E-state index contributed by atoms with van der Waals surface area (Å²) in [6.45, 7) is 6.35. The van der Waals surface area contributed by atoms with Crippen molar-refractivity contribution in [3.8, 4) is 0 Å². The number of hydrogen-bond donors (Lipinski definition) is 0. The molecule has 0 radical (unpaired) electrons. The molecule has 1 heterocycles. The molecule has 3 heteroatoms. The van der Waals surface area contributed by atoms with E-state index >= 15 is 0 Å². The van der Waals surface area contributed by atoms with E-state index in [1.807, 2.05) is 0 Å². The van der Waals surface area contributed by atoms with Gasteiger partial charge in [0.2, 0.25) is 5.91 Å². The summed E-state index contributed by atoms with van der Waals surface area (Å²) in [6, 6.07) is 0. The Balaban J connectivity index is 1.85. The number of amides is 1. The molecular formula is C24H47N2O+. The van der Waals surface area contributed by atoms with E-state index in [1.54, 1.807) is 0 Å². The van der Waals surface area contributed by atoms with Crippen LogP contribution in [0.2, 0.25) is 0 Å². The monoisotopic (exact) mass is 379 g/mol. The summed E-state index contributed by atoms with van der Waals surface area (Å²) < 4.78 is 1.05. The van der Waals surface area contributed by atoms with Crippen LogP contribution in [0.15, 0.2) is 12.2 Å². The normalized spacial score (nSPS) is 16.9. The third-order valence-electron chi connectivity index (χ3n) is 5.96. The van der Waals surface area contributed by atoms with Crippen molar-refractivity contribution in [3.63, 3.8) is 0 Å². The first-order valence-electron chi connectivity index (χ1n) is 11.8. The minimum atomic E-state index is 0.382. The van der Waals surface area contributed by atoms with Gasteiger partial charge in [-0.25, -0.2) is 0 Å². The lowest BCUT2D eigenvalue weighted by molar-refractivity contribution is -0.894. The summed E-state index contributed by atoms with van der Waals surface area (Å²) in [5.41, 5.74) is 0. The standard InChI is InChI=1S/C24H47N2O/c1-4-5-6-7-8-9-10-11-12-13-14-15-16-17-18-19-24(27)25-20-22-26(2,3)23-21-25/h11-12H,4-10,13-23H2,1-3H3/q+1/b12-11-. The molecule has 0 bridgehead atoms. The molecule has 158 valence electrons. The number of likely N-dealkylation sites (N-methyl/N-ethyl adjacent to an activating group) is 1. The van der Waals surface area contributed by atoms with Crippen LogP contribution in [0.5, 0.6) is 0 Å².